The standard InChI is InChI=1S/C13H8N2O3/c14-9-10-4-6-12(7-5-10)18-13-3-1-2-11(8-13)15(16)17/h1-8H. The highest BCUT2D eigenvalue weighted by Gasteiger charge is 2.06. The lowest BCUT2D eigenvalue weighted by molar-refractivity contribution is -0.384. The highest BCUT2D eigenvalue weighted by Crippen LogP contribution is 2.25. The van der Waals surface area contributed by atoms with Crippen molar-refractivity contribution < 1.29 is 9.66 Å². The molecular formula is C13H8N2O3. The van der Waals surface area contributed by atoms with Gasteiger partial charge in [-0.2, -0.15) is 5.26 Å². The number of rotatable bonds is 3. The van der Waals surface area contributed by atoms with Crippen LogP contribution < -0.4 is 4.74 Å². The van der Waals surface area contributed by atoms with Crippen LogP contribution in [0.25, 0.3) is 0 Å². The fourth-order valence-corrected chi connectivity index (χ4v) is 1.39. The van der Waals surface area contributed by atoms with Gasteiger partial charge >= 0.3 is 0 Å². The quantitative estimate of drug-likeness (QED) is 0.609. The van der Waals surface area contributed by atoms with Crippen molar-refractivity contribution in [3.05, 3.63) is 64.2 Å². The maximum absolute atomic E-state index is 10.6. The third-order valence-electron chi connectivity index (χ3n) is 2.25. The molecule has 0 aromatic heterocycles. The first-order chi connectivity index (χ1) is 8.69. The second-order valence-electron chi connectivity index (χ2n) is 3.49. The van der Waals surface area contributed by atoms with Crippen molar-refractivity contribution in [3.63, 3.8) is 0 Å². The molecule has 0 aliphatic rings. The highest BCUT2D eigenvalue weighted by atomic mass is 16.6. The normalized spacial score (nSPS) is 9.50. The van der Waals surface area contributed by atoms with Crippen molar-refractivity contribution in [3.8, 4) is 17.6 Å². The summed E-state index contributed by atoms with van der Waals surface area (Å²) in [6.45, 7) is 0. The average molecular weight is 240 g/mol. The van der Waals surface area contributed by atoms with Crippen molar-refractivity contribution in [2.75, 3.05) is 0 Å². The number of hydrogen-bond donors (Lipinski definition) is 0. The van der Waals surface area contributed by atoms with E-state index >= 15 is 0 Å². The summed E-state index contributed by atoms with van der Waals surface area (Å²) in [6, 6.07) is 14.4. The first kappa shape index (κ1) is 11.6. The Balaban J connectivity index is 2.20. The van der Waals surface area contributed by atoms with Gasteiger partial charge in [0.25, 0.3) is 5.69 Å². The molecule has 0 bridgehead atoms. The molecule has 2 rings (SSSR count). The molecule has 88 valence electrons. The van der Waals surface area contributed by atoms with Gasteiger partial charge in [-0.05, 0) is 30.3 Å². The molecule has 0 amide bonds. The maximum Gasteiger partial charge on any atom is 0.273 e. The third-order valence-corrected chi connectivity index (χ3v) is 2.25. The van der Waals surface area contributed by atoms with Gasteiger partial charge in [-0.15, -0.1) is 0 Å². The molecule has 0 N–H and O–H groups in total. The topological polar surface area (TPSA) is 76.2 Å². The molecule has 0 radical (unpaired) electrons. The van der Waals surface area contributed by atoms with E-state index in [1.165, 1.54) is 12.1 Å². The van der Waals surface area contributed by atoms with Crippen LogP contribution in [0.2, 0.25) is 0 Å². The monoisotopic (exact) mass is 240 g/mol. The summed E-state index contributed by atoms with van der Waals surface area (Å²) >= 11 is 0. The van der Waals surface area contributed by atoms with Crippen molar-refractivity contribution >= 4 is 5.69 Å². The molecule has 0 saturated heterocycles. The van der Waals surface area contributed by atoms with Crippen LogP contribution in [0, 0.1) is 21.4 Å². The van der Waals surface area contributed by atoms with Crippen LogP contribution in [-0.4, -0.2) is 4.92 Å². The summed E-state index contributed by atoms with van der Waals surface area (Å²) < 4.78 is 5.45. The van der Waals surface area contributed by atoms with Gasteiger partial charge in [0.2, 0.25) is 0 Å². The molecule has 5 nitrogen and oxygen atoms in total. The highest BCUT2D eigenvalue weighted by molar-refractivity contribution is 5.41. The molecular weight excluding hydrogens is 232 g/mol. The number of nitro benzene ring substituents is 1. The minimum Gasteiger partial charge on any atom is -0.457 e. The van der Waals surface area contributed by atoms with Crippen LogP contribution in [0.5, 0.6) is 11.5 Å². The van der Waals surface area contributed by atoms with E-state index < -0.39 is 4.92 Å². The molecule has 0 unspecified atom stereocenters. The number of nitriles is 1. The molecule has 0 aliphatic heterocycles. The number of ether oxygens (including phenoxy) is 1. The van der Waals surface area contributed by atoms with Crippen molar-refractivity contribution in [2.24, 2.45) is 0 Å². The molecule has 2 aromatic rings. The summed E-state index contributed by atoms with van der Waals surface area (Å²) in [5, 5.41) is 19.3. The Morgan fingerprint density at radius 1 is 1.11 bits per heavy atom. The lowest BCUT2D eigenvalue weighted by Crippen LogP contribution is -1.89. The van der Waals surface area contributed by atoms with Crippen molar-refractivity contribution in [2.45, 2.75) is 0 Å². The molecule has 18 heavy (non-hydrogen) atoms. The largest absolute Gasteiger partial charge is 0.457 e. The van der Waals surface area contributed by atoms with E-state index in [1.54, 1.807) is 36.4 Å². The summed E-state index contributed by atoms with van der Waals surface area (Å²) in [6.07, 6.45) is 0. The lowest BCUT2D eigenvalue weighted by Gasteiger charge is -2.04. The van der Waals surface area contributed by atoms with E-state index in [4.69, 9.17) is 10.00 Å². The number of nitro groups is 1. The maximum atomic E-state index is 10.6. The van der Waals surface area contributed by atoms with E-state index in [0.717, 1.165) is 0 Å². The molecule has 0 atom stereocenters. The summed E-state index contributed by atoms with van der Waals surface area (Å²) in [7, 11) is 0. The van der Waals surface area contributed by atoms with Gasteiger partial charge < -0.3 is 4.74 Å². The Hall–Kier alpha value is -2.87. The predicted octanol–water partition coefficient (Wildman–Crippen LogP) is 3.26. The van der Waals surface area contributed by atoms with Gasteiger partial charge in [0.15, 0.2) is 0 Å². The first-order valence-electron chi connectivity index (χ1n) is 5.11. The Bertz CT molecular complexity index is 615. The Kier molecular flexibility index (Phi) is 3.21. The molecule has 0 saturated carbocycles. The second-order valence-corrected chi connectivity index (χ2v) is 3.49. The smallest absolute Gasteiger partial charge is 0.273 e. The molecule has 0 spiro atoms. The molecule has 2 aromatic carbocycles. The fraction of sp³-hybridized carbons (Fsp3) is 0. The van der Waals surface area contributed by atoms with Crippen LogP contribution in [0.4, 0.5) is 5.69 Å². The van der Waals surface area contributed by atoms with E-state index in [9.17, 15) is 10.1 Å². The average Bonchev–Trinajstić information content (AvgIpc) is 2.40. The third kappa shape index (κ3) is 2.62. The summed E-state index contributed by atoms with van der Waals surface area (Å²) in [5.74, 6) is 0.906. The van der Waals surface area contributed by atoms with Gasteiger partial charge in [0.05, 0.1) is 22.6 Å². The Morgan fingerprint density at radius 2 is 1.83 bits per heavy atom. The summed E-state index contributed by atoms with van der Waals surface area (Å²) in [4.78, 5) is 10.1. The van der Waals surface area contributed by atoms with E-state index in [1.807, 2.05) is 6.07 Å². The fourth-order valence-electron chi connectivity index (χ4n) is 1.39. The Morgan fingerprint density at radius 3 is 2.44 bits per heavy atom. The van der Waals surface area contributed by atoms with Crippen LogP contribution in [0.15, 0.2) is 48.5 Å². The SMILES string of the molecule is N#Cc1ccc(Oc2cccc([N+](=O)[O-])c2)cc1. The minimum atomic E-state index is -0.481. The zero-order valence-corrected chi connectivity index (χ0v) is 9.24. The van der Waals surface area contributed by atoms with Crippen LogP contribution in [0.1, 0.15) is 5.56 Å². The van der Waals surface area contributed by atoms with Gasteiger partial charge in [-0.3, -0.25) is 10.1 Å². The molecule has 0 aliphatic carbocycles. The number of benzene rings is 2. The van der Waals surface area contributed by atoms with E-state index in [-0.39, 0.29) is 5.69 Å². The van der Waals surface area contributed by atoms with E-state index in [2.05, 4.69) is 0 Å². The van der Waals surface area contributed by atoms with E-state index in [0.29, 0.717) is 17.1 Å². The molecule has 0 fully saturated rings. The predicted molar refractivity (Wildman–Crippen MR) is 64.3 cm³/mol. The minimum absolute atomic E-state index is 0.0267. The second kappa shape index (κ2) is 4.97. The molecule has 0 heterocycles. The zero-order chi connectivity index (χ0) is 13.0. The van der Waals surface area contributed by atoms with Gasteiger partial charge in [0, 0.05) is 6.07 Å². The first-order valence-corrected chi connectivity index (χ1v) is 5.11. The van der Waals surface area contributed by atoms with Gasteiger partial charge in [-0.1, -0.05) is 6.07 Å². The van der Waals surface area contributed by atoms with Crippen LogP contribution in [-0.2, 0) is 0 Å². The molecule has 5 heteroatoms. The number of hydrogen-bond acceptors (Lipinski definition) is 4. The Labute approximate surface area is 103 Å². The van der Waals surface area contributed by atoms with Crippen LogP contribution in [0.3, 0.4) is 0 Å². The van der Waals surface area contributed by atoms with Gasteiger partial charge in [-0.25, -0.2) is 0 Å². The van der Waals surface area contributed by atoms with Crippen molar-refractivity contribution in [1.29, 1.82) is 5.26 Å². The lowest BCUT2D eigenvalue weighted by atomic mass is 10.2. The zero-order valence-electron chi connectivity index (χ0n) is 9.24. The summed E-state index contributed by atoms with van der Waals surface area (Å²) in [5.41, 5.74) is 0.502. The number of nitrogens with zero attached hydrogens (tertiary/aromatic N) is 2. The van der Waals surface area contributed by atoms with Crippen LogP contribution >= 0.6 is 0 Å². The van der Waals surface area contributed by atoms with Crippen molar-refractivity contribution in [1.82, 2.24) is 0 Å². The number of non-ortho nitro benzene ring substituents is 1. The van der Waals surface area contributed by atoms with Gasteiger partial charge in [0.1, 0.15) is 11.5 Å².